The predicted molar refractivity (Wildman–Crippen MR) is 67.5 cm³/mol. The molecule has 1 aromatic heterocycles. The van der Waals surface area contributed by atoms with Gasteiger partial charge in [-0.25, -0.2) is 4.79 Å². The lowest BCUT2D eigenvalue weighted by Crippen LogP contribution is -2.20. The lowest BCUT2D eigenvalue weighted by atomic mass is 10.1. The summed E-state index contributed by atoms with van der Waals surface area (Å²) in [6.45, 7) is 4.72. The first-order valence-corrected chi connectivity index (χ1v) is 5.93. The Kier molecular flexibility index (Phi) is 3.94. The fourth-order valence-electron chi connectivity index (χ4n) is 1.70. The van der Waals surface area contributed by atoms with Crippen molar-refractivity contribution in [1.29, 1.82) is 0 Å². The summed E-state index contributed by atoms with van der Waals surface area (Å²) in [6.07, 6.45) is 1.41. The van der Waals surface area contributed by atoms with Crippen LogP contribution in [-0.2, 0) is 9.47 Å². The molecule has 1 N–H and O–H groups in total. The van der Waals surface area contributed by atoms with Crippen LogP contribution in [0.2, 0.25) is 0 Å². The smallest absolute Gasteiger partial charge is 0.340 e. The Bertz CT molecular complexity index is 536. The minimum absolute atomic E-state index is 0.268. The Labute approximate surface area is 105 Å². The van der Waals surface area contributed by atoms with Gasteiger partial charge in [0.25, 0.3) is 0 Å². The quantitative estimate of drug-likeness (QED) is 0.823. The molecule has 0 fully saturated rings. The minimum atomic E-state index is -0.364. The maximum Gasteiger partial charge on any atom is 0.340 e. The lowest BCUT2D eigenvalue weighted by molar-refractivity contribution is 0.00456. The standard InChI is InChI=1S/C13H16N2O3/c1-3-17-8-9(2)18-13(16)11-6-4-5-10-7-14-15-12(10)11/h4-7,9H,3,8H2,1-2H3,(H,14,15)/t9-/m1/s1. The second-order valence-electron chi connectivity index (χ2n) is 4.02. The Morgan fingerprint density at radius 3 is 3.11 bits per heavy atom. The molecule has 1 aromatic carbocycles. The minimum Gasteiger partial charge on any atom is -0.457 e. The molecule has 0 amide bonds. The first-order valence-electron chi connectivity index (χ1n) is 5.93. The number of fused-ring (bicyclic) bond motifs is 1. The second-order valence-corrected chi connectivity index (χ2v) is 4.02. The number of para-hydroxylation sites is 1. The summed E-state index contributed by atoms with van der Waals surface area (Å²) >= 11 is 0. The van der Waals surface area contributed by atoms with Crippen LogP contribution in [0.15, 0.2) is 24.4 Å². The predicted octanol–water partition coefficient (Wildman–Crippen LogP) is 2.14. The SMILES string of the molecule is CCOC[C@@H](C)OC(=O)c1cccc2cn[nH]c12. The summed E-state index contributed by atoms with van der Waals surface area (Å²) in [7, 11) is 0. The number of rotatable bonds is 5. The van der Waals surface area contributed by atoms with Gasteiger partial charge in [0, 0.05) is 12.0 Å². The third kappa shape index (κ3) is 2.68. The molecule has 2 rings (SSSR count). The zero-order valence-corrected chi connectivity index (χ0v) is 10.5. The van der Waals surface area contributed by atoms with Crippen LogP contribution >= 0.6 is 0 Å². The Hall–Kier alpha value is -1.88. The molecular weight excluding hydrogens is 232 g/mol. The van der Waals surface area contributed by atoms with Crippen molar-refractivity contribution in [3.05, 3.63) is 30.0 Å². The lowest BCUT2D eigenvalue weighted by Gasteiger charge is -2.13. The van der Waals surface area contributed by atoms with Gasteiger partial charge in [0.2, 0.25) is 0 Å². The third-order valence-corrected chi connectivity index (χ3v) is 2.56. The van der Waals surface area contributed by atoms with Gasteiger partial charge in [-0.3, -0.25) is 5.10 Å². The number of benzene rings is 1. The molecule has 5 heteroatoms. The number of H-pyrrole nitrogens is 1. The number of aromatic nitrogens is 2. The van der Waals surface area contributed by atoms with Crippen molar-refractivity contribution in [2.45, 2.75) is 20.0 Å². The first kappa shape index (κ1) is 12.6. The monoisotopic (exact) mass is 248 g/mol. The van der Waals surface area contributed by atoms with Crippen LogP contribution in [0.4, 0.5) is 0 Å². The molecule has 0 saturated heterocycles. The topological polar surface area (TPSA) is 64.2 Å². The van der Waals surface area contributed by atoms with Crippen LogP contribution < -0.4 is 0 Å². The molecule has 5 nitrogen and oxygen atoms in total. The Morgan fingerprint density at radius 1 is 1.50 bits per heavy atom. The molecule has 96 valence electrons. The van der Waals surface area contributed by atoms with Gasteiger partial charge >= 0.3 is 5.97 Å². The third-order valence-electron chi connectivity index (χ3n) is 2.56. The number of aromatic amines is 1. The summed E-state index contributed by atoms with van der Waals surface area (Å²) in [5, 5.41) is 7.61. The fourth-order valence-corrected chi connectivity index (χ4v) is 1.70. The average Bonchev–Trinajstić information content (AvgIpc) is 2.84. The highest BCUT2D eigenvalue weighted by Crippen LogP contribution is 2.17. The molecule has 2 aromatic rings. The fraction of sp³-hybridized carbons (Fsp3) is 0.385. The maximum absolute atomic E-state index is 12.0. The number of hydrogen-bond acceptors (Lipinski definition) is 4. The van der Waals surface area contributed by atoms with Crippen molar-refractivity contribution in [2.24, 2.45) is 0 Å². The van der Waals surface area contributed by atoms with E-state index in [0.717, 1.165) is 5.39 Å². The van der Waals surface area contributed by atoms with E-state index in [1.165, 1.54) is 0 Å². The molecule has 0 saturated carbocycles. The van der Waals surface area contributed by atoms with Crippen LogP contribution in [0.5, 0.6) is 0 Å². The van der Waals surface area contributed by atoms with Crippen molar-refractivity contribution < 1.29 is 14.3 Å². The van der Waals surface area contributed by atoms with Gasteiger partial charge in [-0.15, -0.1) is 0 Å². The molecular formula is C13H16N2O3. The highest BCUT2D eigenvalue weighted by atomic mass is 16.6. The molecule has 1 heterocycles. The number of nitrogens with zero attached hydrogens (tertiary/aromatic N) is 1. The highest BCUT2D eigenvalue weighted by Gasteiger charge is 2.15. The first-order chi connectivity index (χ1) is 8.72. The van der Waals surface area contributed by atoms with Crippen LogP contribution in [0.3, 0.4) is 0 Å². The van der Waals surface area contributed by atoms with Crippen molar-refractivity contribution in [2.75, 3.05) is 13.2 Å². The summed E-state index contributed by atoms with van der Waals surface area (Å²) in [6, 6.07) is 5.41. The Morgan fingerprint density at radius 2 is 2.33 bits per heavy atom. The number of hydrogen-bond donors (Lipinski definition) is 1. The summed E-state index contributed by atoms with van der Waals surface area (Å²) < 4.78 is 10.5. The van der Waals surface area contributed by atoms with Crippen molar-refractivity contribution in [3.63, 3.8) is 0 Å². The summed E-state index contributed by atoms with van der Waals surface area (Å²) in [4.78, 5) is 12.0. The second kappa shape index (κ2) is 5.64. The van der Waals surface area contributed by atoms with E-state index >= 15 is 0 Å². The molecule has 18 heavy (non-hydrogen) atoms. The van der Waals surface area contributed by atoms with Crippen molar-refractivity contribution in [3.8, 4) is 0 Å². The van der Waals surface area contributed by atoms with Crippen LogP contribution in [0, 0.1) is 0 Å². The Balaban J connectivity index is 2.11. The van der Waals surface area contributed by atoms with E-state index < -0.39 is 0 Å². The van der Waals surface area contributed by atoms with Gasteiger partial charge in [0.05, 0.1) is 23.9 Å². The van der Waals surface area contributed by atoms with Gasteiger partial charge in [-0.1, -0.05) is 12.1 Å². The zero-order valence-electron chi connectivity index (χ0n) is 10.5. The van der Waals surface area contributed by atoms with Crippen LogP contribution in [0.1, 0.15) is 24.2 Å². The largest absolute Gasteiger partial charge is 0.457 e. The van der Waals surface area contributed by atoms with Gasteiger partial charge in [0.15, 0.2) is 0 Å². The molecule has 0 radical (unpaired) electrons. The molecule has 0 aliphatic carbocycles. The van der Waals surface area contributed by atoms with E-state index in [-0.39, 0.29) is 12.1 Å². The molecule has 0 unspecified atom stereocenters. The van der Waals surface area contributed by atoms with E-state index in [1.54, 1.807) is 19.2 Å². The zero-order chi connectivity index (χ0) is 13.0. The number of nitrogens with one attached hydrogen (secondary N) is 1. The number of carbonyl (C=O) groups is 1. The average molecular weight is 248 g/mol. The molecule has 1 atom stereocenters. The van der Waals surface area contributed by atoms with Crippen LogP contribution in [0.25, 0.3) is 10.9 Å². The van der Waals surface area contributed by atoms with Gasteiger partial charge in [-0.2, -0.15) is 5.10 Å². The van der Waals surface area contributed by atoms with Crippen LogP contribution in [-0.4, -0.2) is 35.5 Å². The van der Waals surface area contributed by atoms with Gasteiger partial charge in [0.1, 0.15) is 6.10 Å². The van der Waals surface area contributed by atoms with Gasteiger partial charge < -0.3 is 9.47 Å². The van der Waals surface area contributed by atoms with Crippen molar-refractivity contribution in [1.82, 2.24) is 10.2 Å². The van der Waals surface area contributed by atoms with Crippen molar-refractivity contribution >= 4 is 16.9 Å². The van der Waals surface area contributed by atoms with Gasteiger partial charge in [-0.05, 0) is 19.9 Å². The highest BCUT2D eigenvalue weighted by molar-refractivity contribution is 6.02. The molecule has 0 bridgehead atoms. The van der Waals surface area contributed by atoms with E-state index in [2.05, 4.69) is 10.2 Å². The van der Waals surface area contributed by atoms with E-state index in [4.69, 9.17) is 9.47 Å². The number of esters is 1. The molecule has 0 spiro atoms. The number of carbonyl (C=O) groups excluding carboxylic acids is 1. The normalized spacial score (nSPS) is 12.6. The number of ether oxygens (including phenoxy) is 2. The van der Waals surface area contributed by atoms with E-state index in [9.17, 15) is 4.79 Å². The summed E-state index contributed by atoms with van der Waals surface area (Å²) in [5.41, 5.74) is 1.19. The molecule has 0 aliphatic heterocycles. The van der Waals surface area contributed by atoms with E-state index in [0.29, 0.717) is 24.3 Å². The van der Waals surface area contributed by atoms with E-state index in [1.807, 2.05) is 19.1 Å². The molecule has 0 aliphatic rings. The maximum atomic E-state index is 12.0. The summed E-state index contributed by atoms with van der Waals surface area (Å²) in [5.74, 6) is -0.364.